The summed E-state index contributed by atoms with van der Waals surface area (Å²) in [6, 6.07) is 7.89. The van der Waals surface area contributed by atoms with Crippen LogP contribution in [-0.4, -0.2) is 61.1 Å². The smallest absolute Gasteiger partial charge is 0.224 e. The summed E-state index contributed by atoms with van der Waals surface area (Å²) in [6.07, 6.45) is 4.98. The first-order chi connectivity index (χ1) is 15.1. The number of fused-ring (bicyclic) bond motifs is 1. The molecule has 1 aromatic carbocycles. The lowest BCUT2D eigenvalue weighted by Crippen LogP contribution is -2.36. The van der Waals surface area contributed by atoms with Gasteiger partial charge in [-0.25, -0.2) is 4.98 Å². The van der Waals surface area contributed by atoms with Gasteiger partial charge in [-0.05, 0) is 49.6 Å². The van der Waals surface area contributed by atoms with Gasteiger partial charge in [0, 0.05) is 50.1 Å². The number of likely N-dealkylation sites (tertiary alicyclic amines) is 1. The maximum Gasteiger partial charge on any atom is 0.224 e. The Morgan fingerprint density at radius 2 is 1.74 bits per heavy atom. The zero-order valence-electron chi connectivity index (χ0n) is 18.4. The van der Waals surface area contributed by atoms with E-state index < -0.39 is 0 Å². The number of nitrogens with one attached hydrogen (secondary N) is 1. The number of pyridine rings is 1. The van der Waals surface area contributed by atoms with Crippen molar-refractivity contribution in [3.05, 3.63) is 29.8 Å². The molecule has 4 rings (SSSR count). The van der Waals surface area contributed by atoms with Crippen LogP contribution in [0.1, 0.15) is 44.1 Å². The second kappa shape index (κ2) is 10.1. The molecular weight excluding hydrogens is 392 g/mol. The molecule has 1 N–H and O–H groups in total. The molecule has 2 aromatic rings. The molecule has 1 aromatic heterocycles. The summed E-state index contributed by atoms with van der Waals surface area (Å²) in [4.78, 5) is 33.8. The Morgan fingerprint density at radius 1 is 1.00 bits per heavy atom. The minimum absolute atomic E-state index is 0.0891. The molecule has 0 spiro atoms. The summed E-state index contributed by atoms with van der Waals surface area (Å²) in [7, 11) is 0. The monoisotopic (exact) mass is 424 g/mol. The lowest BCUT2D eigenvalue weighted by Gasteiger charge is -2.28. The minimum Gasteiger partial charge on any atom is -0.378 e. The van der Waals surface area contributed by atoms with E-state index in [1.807, 2.05) is 23.1 Å². The largest absolute Gasteiger partial charge is 0.378 e. The van der Waals surface area contributed by atoms with Crippen molar-refractivity contribution in [2.24, 2.45) is 0 Å². The number of anilines is 2. The van der Waals surface area contributed by atoms with E-state index >= 15 is 0 Å². The fraction of sp³-hybridized carbons (Fsp3) is 0.542. The van der Waals surface area contributed by atoms with Crippen molar-refractivity contribution >= 4 is 34.2 Å². The van der Waals surface area contributed by atoms with Gasteiger partial charge in [-0.15, -0.1) is 0 Å². The predicted octanol–water partition coefficient (Wildman–Crippen LogP) is 3.50. The van der Waals surface area contributed by atoms with E-state index in [2.05, 4.69) is 23.2 Å². The molecule has 2 saturated heterocycles. The lowest BCUT2D eigenvalue weighted by molar-refractivity contribution is -0.132. The third-order valence-electron chi connectivity index (χ3n) is 6.15. The molecule has 166 valence electrons. The van der Waals surface area contributed by atoms with E-state index in [0.29, 0.717) is 0 Å². The summed E-state index contributed by atoms with van der Waals surface area (Å²) in [5.41, 5.74) is 2.78. The van der Waals surface area contributed by atoms with Gasteiger partial charge in [0.2, 0.25) is 11.8 Å². The molecule has 2 aliphatic rings. The van der Waals surface area contributed by atoms with Gasteiger partial charge < -0.3 is 19.9 Å². The number of aryl methyl sites for hydroxylation is 1. The normalized spacial score (nSPS) is 17.5. The SMILES string of the molecule is Cc1cc(N2CCOCC2)nc2ccc(NC(=O)CCC(=O)N3CCCCCC3)cc12. The summed E-state index contributed by atoms with van der Waals surface area (Å²) >= 11 is 0. The van der Waals surface area contributed by atoms with E-state index in [0.717, 1.165) is 80.2 Å². The predicted molar refractivity (Wildman–Crippen MR) is 122 cm³/mol. The number of morpholine rings is 1. The first-order valence-corrected chi connectivity index (χ1v) is 11.4. The molecule has 0 radical (unpaired) electrons. The molecule has 31 heavy (non-hydrogen) atoms. The Balaban J connectivity index is 1.37. The Hall–Kier alpha value is -2.67. The highest BCUT2D eigenvalue weighted by molar-refractivity contribution is 5.96. The molecule has 2 aliphatic heterocycles. The average Bonchev–Trinajstić information content (AvgIpc) is 3.08. The molecule has 0 bridgehead atoms. The van der Waals surface area contributed by atoms with Gasteiger partial charge in [0.1, 0.15) is 5.82 Å². The number of hydrogen-bond acceptors (Lipinski definition) is 5. The van der Waals surface area contributed by atoms with Crippen molar-refractivity contribution in [1.29, 1.82) is 0 Å². The zero-order valence-corrected chi connectivity index (χ0v) is 18.4. The summed E-state index contributed by atoms with van der Waals surface area (Å²) in [6.45, 7) is 6.87. The van der Waals surface area contributed by atoms with Crippen LogP contribution < -0.4 is 10.2 Å². The number of carbonyl (C=O) groups is 2. The molecule has 0 atom stereocenters. The Labute approximate surface area is 183 Å². The number of nitrogens with zero attached hydrogens (tertiary/aromatic N) is 3. The third kappa shape index (κ3) is 5.53. The van der Waals surface area contributed by atoms with Crippen LogP contribution in [0.15, 0.2) is 24.3 Å². The van der Waals surface area contributed by atoms with Crippen LogP contribution in [0.3, 0.4) is 0 Å². The number of hydrogen-bond donors (Lipinski definition) is 1. The van der Waals surface area contributed by atoms with Gasteiger partial charge in [-0.3, -0.25) is 9.59 Å². The molecule has 0 saturated carbocycles. The van der Waals surface area contributed by atoms with Gasteiger partial charge in [-0.2, -0.15) is 0 Å². The van der Waals surface area contributed by atoms with E-state index in [1.54, 1.807) is 0 Å². The second-order valence-electron chi connectivity index (χ2n) is 8.47. The Bertz CT molecular complexity index is 932. The standard InChI is InChI=1S/C24H32N4O3/c1-18-16-22(27-12-14-31-15-13-27)26-21-7-6-19(17-20(18)21)25-23(29)8-9-24(30)28-10-4-2-3-5-11-28/h6-7,16-17H,2-5,8-15H2,1H3,(H,25,29). The van der Waals surface area contributed by atoms with Crippen molar-refractivity contribution < 1.29 is 14.3 Å². The molecule has 2 fully saturated rings. The van der Waals surface area contributed by atoms with Crippen LogP contribution in [0.2, 0.25) is 0 Å². The van der Waals surface area contributed by atoms with Crippen LogP contribution in [0.25, 0.3) is 10.9 Å². The topological polar surface area (TPSA) is 74.8 Å². The highest BCUT2D eigenvalue weighted by atomic mass is 16.5. The zero-order chi connectivity index (χ0) is 21.6. The quantitative estimate of drug-likeness (QED) is 0.795. The van der Waals surface area contributed by atoms with Crippen molar-refractivity contribution in [3.8, 4) is 0 Å². The van der Waals surface area contributed by atoms with E-state index in [9.17, 15) is 9.59 Å². The minimum atomic E-state index is -0.127. The molecule has 7 heteroatoms. The van der Waals surface area contributed by atoms with E-state index in [1.165, 1.54) is 12.8 Å². The highest BCUT2D eigenvalue weighted by Gasteiger charge is 2.17. The van der Waals surface area contributed by atoms with Crippen molar-refractivity contribution in [2.75, 3.05) is 49.6 Å². The maximum atomic E-state index is 12.4. The Morgan fingerprint density at radius 3 is 2.48 bits per heavy atom. The summed E-state index contributed by atoms with van der Waals surface area (Å²) in [5.74, 6) is 0.932. The fourth-order valence-electron chi connectivity index (χ4n) is 4.33. The molecule has 3 heterocycles. The van der Waals surface area contributed by atoms with Gasteiger partial charge in [0.25, 0.3) is 0 Å². The van der Waals surface area contributed by atoms with E-state index in [4.69, 9.17) is 9.72 Å². The van der Waals surface area contributed by atoms with Crippen LogP contribution in [0.5, 0.6) is 0 Å². The van der Waals surface area contributed by atoms with Gasteiger partial charge in [0.15, 0.2) is 0 Å². The van der Waals surface area contributed by atoms with Gasteiger partial charge >= 0.3 is 0 Å². The summed E-state index contributed by atoms with van der Waals surface area (Å²) in [5, 5.41) is 3.97. The average molecular weight is 425 g/mol. The molecule has 7 nitrogen and oxygen atoms in total. The first-order valence-electron chi connectivity index (χ1n) is 11.4. The second-order valence-corrected chi connectivity index (χ2v) is 8.47. The number of ether oxygens (including phenoxy) is 1. The molecule has 0 aliphatic carbocycles. The first kappa shape index (κ1) is 21.6. The van der Waals surface area contributed by atoms with Crippen LogP contribution >= 0.6 is 0 Å². The molecular formula is C24H32N4O3. The molecule has 0 unspecified atom stereocenters. The number of aromatic nitrogens is 1. The van der Waals surface area contributed by atoms with Crippen LogP contribution in [0.4, 0.5) is 11.5 Å². The van der Waals surface area contributed by atoms with Crippen molar-refractivity contribution in [2.45, 2.75) is 45.4 Å². The third-order valence-corrected chi connectivity index (χ3v) is 6.15. The number of carbonyl (C=O) groups excluding carboxylic acids is 2. The number of benzene rings is 1. The van der Waals surface area contributed by atoms with Gasteiger partial charge in [-0.1, -0.05) is 12.8 Å². The van der Waals surface area contributed by atoms with Crippen LogP contribution in [0, 0.1) is 6.92 Å². The van der Waals surface area contributed by atoms with Gasteiger partial charge in [0.05, 0.1) is 18.7 Å². The summed E-state index contributed by atoms with van der Waals surface area (Å²) < 4.78 is 5.43. The highest BCUT2D eigenvalue weighted by Crippen LogP contribution is 2.26. The lowest BCUT2D eigenvalue weighted by atomic mass is 10.1. The van der Waals surface area contributed by atoms with Crippen LogP contribution in [-0.2, 0) is 14.3 Å². The fourth-order valence-corrected chi connectivity index (χ4v) is 4.33. The molecule has 2 amide bonds. The van der Waals surface area contributed by atoms with Crippen molar-refractivity contribution in [3.63, 3.8) is 0 Å². The number of rotatable bonds is 5. The van der Waals surface area contributed by atoms with Crippen molar-refractivity contribution in [1.82, 2.24) is 9.88 Å². The maximum absolute atomic E-state index is 12.4. The number of amides is 2. The Kier molecular flexibility index (Phi) is 7.02. The van der Waals surface area contributed by atoms with E-state index in [-0.39, 0.29) is 24.7 Å².